The second-order valence-electron chi connectivity index (χ2n) is 4.89. The van der Waals surface area contributed by atoms with Crippen molar-refractivity contribution in [2.75, 3.05) is 26.2 Å². The van der Waals surface area contributed by atoms with Gasteiger partial charge in [-0.3, -0.25) is 4.90 Å². The van der Waals surface area contributed by atoms with Gasteiger partial charge in [0.25, 0.3) is 0 Å². The van der Waals surface area contributed by atoms with E-state index in [1.165, 1.54) is 32.4 Å². The van der Waals surface area contributed by atoms with Crippen molar-refractivity contribution in [2.24, 2.45) is 0 Å². The Bertz CT molecular complexity index is 365. The van der Waals surface area contributed by atoms with E-state index in [1.807, 2.05) is 0 Å². The van der Waals surface area contributed by atoms with E-state index in [9.17, 15) is 0 Å². The largest absolute Gasteiger partial charge is 0.314 e. The Hall–Kier alpha value is -0.280. The van der Waals surface area contributed by atoms with Crippen LogP contribution in [-0.4, -0.2) is 31.1 Å². The van der Waals surface area contributed by atoms with Crippen LogP contribution in [0, 0.1) is 0 Å². The Labute approximate surface area is 122 Å². The first-order valence-electron chi connectivity index (χ1n) is 6.48. The Morgan fingerprint density at radius 1 is 1.06 bits per heavy atom. The van der Waals surface area contributed by atoms with Crippen LogP contribution in [0.25, 0.3) is 0 Å². The molecule has 4 heteroatoms. The average Bonchev–Trinajstić information content (AvgIpc) is 2.39. The maximum Gasteiger partial charge on any atom is 0.0352 e. The molecule has 1 heterocycles. The lowest BCUT2D eigenvalue weighted by molar-refractivity contribution is 0.158. The van der Waals surface area contributed by atoms with Crippen molar-refractivity contribution in [3.8, 4) is 0 Å². The summed E-state index contributed by atoms with van der Waals surface area (Å²) in [5.41, 5.74) is 3.17. The molecule has 0 bridgehead atoms. The van der Waals surface area contributed by atoms with Gasteiger partial charge in [0.05, 0.1) is 0 Å². The number of nitrogens with one attached hydrogen (secondary N) is 1. The molecule has 1 aliphatic carbocycles. The van der Waals surface area contributed by atoms with Gasteiger partial charge in [-0.05, 0) is 30.4 Å². The van der Waals surface area contributed by atoms with Crippen molar-refractivity contribution >= 4 is 24.8 Å². The Balaban J connectivity index is 0.000000810. The van der Waals surface area contributed by atoms with E-state index >= 15 is 0 Å². The first kappa shape index (κ1) is 15.8. The number of halogens is 2. The summed E-state index contributed by atoms with van der Waals surface area (Å²) < 4.78 is 0. The van der Waals surface area contributed by atoms with E-state index in [4.69, 9.17) is 0 Å². The molecule has 0 spiro atoms. The normalized spacial score (nSPS) is 23.4. The summed E-state index contributed by atoms with van der Waals surface area (Å²) in [5, 5.41) is 3.44. The van der Waals surface area contributed by atoms with Crippen molar-refractivity contribution in [2.45, 2.75) is 25.3 Å². The second kappa shape index (κ2) is 7.34. The van der Waals surface area contributed by atoms with Crippen LogP contribution >= 0.6 is 24.8 Å². The van der Waals surface area contributed by atoms with Gasteiger partial charge < -0.3 is 5.32 Å². The van der Waals surface area contributed by atoms with Crippen LogP contribution in [0.5, 0.6) is 0 Å². The van der Waals surface area contributed by atoms with Crippen LogP contribution < -0.4 is 5.32 Å². The number of fused-ring (bicyclic) bond motifs is 1. The fourth-order valence-electron chi connectivity index (χ4n) is 3.10. The van der Waals surface area contributed by atoms with Gasteiger partial charge in [0, 0.05) is 32.2 Å². The molecule has 1 N–H and O–H groups in total. The predicted octanol–water partition coefficient (Wildman–Crippen LogP) is 2.81. The molecule has 0 saturated carbocycles. The van der Waals surface area contributed by atoms with Gasteiger partial charge in [0.1, 0.15) is 0 Å². The van der Waals surface area contributed by atoms with Crippen LogP contribution in [0.4, 0.5) is 0 Å². The van der Waals surface area contributed by atoms with E-state index in [0.29, 0.717) is 6.04 Å². The number of aryl methyl sites for hydroxylation is 1. The monoisotopic (exact) mass is 288 g/mol. The zero-order valence-corrected chi connectivity index (χ0v) is 12.2. The molecule has 18 heavy (non-hydrogen) atoms. The second-order valence-corrected chi connectivity index (χ2v) is 4.89. The van der Waals surface area contributed by atoms with Crippen LogP contribution in [0.1, 0.15) is 30.0 Å². The Morgan fingerprint density at radius 3 is 2.56 bits per heavy atom. The molecule has 3 rings (SSSR count). The first-order chi connectivity index (χ1) is 7.95. The number of hydrogen-bond donors (Lipinski definition) is 1. The third-order valence-corrected chi connectivity index (χ3v) is 3.93. The molecule has 2 aliphatic rings. The van der Waals surface area contributed by atoms with E-state index < -0.39 is 0 Å². The third kappa shape index (κ3) is 3.18. The van der Waals surface area contributed by atoms with Gasteiger partial charge in [-0.25, -0.2) is 0 Å². The minimum atomic E-state index is 0. The van der Waals surface area contributed by atoms with Crippen molar-refractivity contribution in [3.63, 3.8) is 0 Å². The van der Waals surface area contributed by atoms with Crippen LogP contribution in [0.3, 0.4) is 0 Å². The van der Waals surface area contributed by atoms with Crippen molar-refractivity contribution in [3.05, 3.63) is 35.4 Å². The number of piperazine rings is 1. The molecular weight excluding hydrogens is 267 g/mol. The third-order valence-electron chi connectivity index (χ3n) is 3.93. The van der Waals surface area contributed by atoms with Crippen LogP contribution in [0.2, 0.25) is 0 Å². The quantitative estimate of drug-likeness (QED) is 0.855. The summed E-state index contributed by atoms with van der Waals surface area (Å²) in [6.07, 6.45) is 3.97. The average molecular weight is 289 g/mol. The van der Waals surface area contributed by atoms with E-state index in [2.05, 4.69) is 34.5 Å². The summed E-state index contributed by atoms with van der Waals surface area (Å²) in [6, 6.07) is 9.70. The van der Waals surface area contributed by atoms with Gasteiger partial charge in [-0.2, -0.15) is 0 Å². The van der Waals surface area contributed by atoms with Crippen molar-refractivity contribution in [1.82, 2.24) is 10.2 Å². The van der Waals surface area contributed by atoms with E-state index in [-0.39, 0.29) is 24.8 Å². The summed E-state index contributed by atoms with van der Waals surface area (Å²) in [6.45, 7) is 4.72. The van der Waals surface area contributed by atoms with Gasteiger partial charge in [0.15, 0.2) is 0 Å². The Morgan fingerprint density at radius 2 is 1.78 bits per heavy atom. The highest BCUT2D eigenvalue weighted by Crippen LogP contribution is 2.33. The number of nitrogens with zero attached hydrogens (tertiary/aromatic N) is 1. The zero-order chi connectivity index (χ0) is 10.8. The highest BCUT2D eigenvalue weighted by atomic mass is 35.5. The summed E-state index contributed by atoms with van der Waals surface area (Å²) in [5.74, 6) is 0. The minimum absolute atomic E-state index is 0. The lowest BCUT2D eigenvalue weighted by atomic mass is 9.86. The maximum absolute atomic E-state index is 3.44. The van der Waals surface area contributed by atoms with Gasteiger partial charge in [0.2, 0.25) is 0 Å². The highest BCUT2D eigenvalue weighted by Gasteiger charge is 2.26. The number of hydrogen-bond acceptors (Lipinski definition) is 2. The van der Waals surface area contributed by atoms with Crippen molar-refractivity contribution < 1.29 is 0 Å². The zero-order valence-electron chi connectivity index (χ0n) is 10.6. The molecule has 1 unspecified atom stereocenters. The molecule has 1 aromatic rings. The summed E-state index contributed by atoms with van der Waals surface area (Å²) in [7, 11) is 0. The number of rotatable bonds is 1. The SMILES string of the molecule is Cl.Cl.c1ccc2c(c1)CCCC2N1CCNCC1. The molecule has 0 amide bonds. The summed E-state index contributed by atoms with van der Waals surface area (Å²) in [4.78, 5) is 2.66. The molecular formula is C14H22Cl2N2. The topological polar surface area (TPSA) is 15.3 Å². The lowest BCUT2D eigenvalue weighted by Gasteiger charge is -2.38. The summed E-state index contributed by atoms with van der Waals surface area (Å²) >= 11 is 0. The van der Waals surface area contributed by atoms with E-state index in [1.54, 1.807) is 11.1 Å². The minimum Gasteiger partial charge on any atom is -0.314 e. The lowest BCUT2D eigenvalue weighted by Crippen LogP contribution is -2.45. The molecule has 0 aromatic heterocycles. The van der Waals surface area contributed by atoms with Crippen molar-refractivity contribution in [1.29, 1.82) is 0 Å². The van der Waals surface area contributed by atoms with Gasteiger partial charge >= 0.3 is 0 Å². The van der Waals surface area contributed by atoms with Crippen LogP contribution in [0.15, 0.2) is 24.3 Å². The molecule has 102 valence electrons. The molecule has 1 saturated heterocycles. The molecule has 1 aliphatic heterocycles. The van der Waals surface area contributed by atoms with Crippen LogP contribution in [-0.2, 0) is 6.42 Å². The fraction of sp³-hybridized carbons (Fsp3) is 0.571. The van der Waals surface area contributed by atoms with E-state index in [0.717, 1.165) is 13.1 Å². The fourth-order valence-corrected chi connectivity index (χ4v) is 3.10. The molecule has 2 nitrogen and oxygen atoms in total. The predicted molar refractivity (Wildman–Crippen MR) is 81.1 cm³/mol. The number of benzene rings is 1. The molecule has 1 aromatic carbocycles. The molecule has 1 atom stereocenters. The maximum atomic E-state index is 3.44. The molecule has 0 radical (unpaired) electrons. The van der Waals surface area contributed by atoms with Gasteiger partial charge in [-0.1, -0.05) is 24.3 Å². The first-order valence-corrected chi connectivity index (χ1v) is 6.48. The van der Waals surface area contributed by atoms with Gasteiger partial charge in [-0.15, -0.1) is 24.8 Å². The highest BCUT2D eigenvalue weighted by molar-refractivity contribution is 5.85. The molecule has 1 fully saturated rings. The smallest absolute Gasteiger partial charge is 0.0352 e. The standard InChI is InChI=1S/C14H20N2.2ClH/c1-2-6-13-12(4-1)5-3-7-14(13)16-10-8-15-9-11-16;;/h1-2,4,6,14-15H,3,5,7-11H2;2*1H. The Kier molecular flexibility index (Phi) is 6.44.